The third-order valence-corrected chi connectivity index (χ3v) is 3.60. The summed E-state index contributed by atoms with van der Waals surface area (Å²) in [6.07, 6.45) is 0. The lowest BCUT2D eigenvalue weighted by Gasteiger charge is -2.13. The van der Waals surface area contributed by atoms with Crippen LogP contribution in [0.2, 0.25) is 0 Å². The molecule has 1 aromatic carbocycles. The number of carbonyl (C=O) groups is 1. The van der Waals surface area contributed by atoms with E-state index < -0.39 is 0 Å². The Bertz CT molecular complexity index is 618. The van der Waals surface area contributed by atoms with Gasteiger partial charge in [-0.3, -0.25) is 4.79 Å². The summed E-state index contributed by atoms with van der Waals surface area (Å²) in [5.41, 5.74) is 6.31. The second kappa shape index (κ2) is 8.26. The van der Waals surface area contributed by atoms with Gasteiger partial charge in [-0.05, 0) is 31.2 Å². The average molecular weight is 390 g/mol. The van der Waals surface area contributed by atoms with Gasteiger partial charge in [0, 0.05) is 22.5 Å². The van der Waals surface area contributed by atoms with E-state index in [9.17, 15) is 4.79 Å². The molecule has 8 heteroatoms. The number of halogens is 2. The van der Waals surface area contributed by atoms with Gasteiger partial charge in [-0.2, -0.15) is 4.98 Å². The van der Waals surface area contributed by atoms with Crippen molar-refractivity contribution in [3.63, 3.8) is 0 Å². The predicted octanol–water partition coefficient (Wildman–Crippen LogP) is 2.69. The molecule has 6 nitrogen and oxygen atoms in total. The molecule has 2 unspecified atom stereocenters. The molecule has 0 aliphatic heterocycles. The Morgan fingerprint density at radius 1 is 1.36 bits per heavy atom. The zero-order chi connectivity index (χ0) is 15.4. The molecule has 0 saturated carbocycles. The van der Waals surface area contributed by atoms with Crippen molar-refractivity contribution in [3.8, 4) is 11.4 Å². The van der Waals surface area contributed by atoms with Crippen LogP contribution in [0.1, 0.15) is 25.8 Å². The Labute approximate surface area is 143 Å². The SMILES string of the molecule is CC(CN)C(=O)NC(C)c1nc(-c2ccc(Br)cc2)no1.Cl. The number of nitrogens with one attached hydrogen (secondary N) is 1. The molecule has 1 amide bonds. The van der Waals surface area contributed by atoms with E-state index in [4.69, 9.17) is 10.3 Å². The molecular formula is C14H18BrClN4O2. The van der Waals surface area contributed by atoms with Gasteiger partial charge in [0.25, 0.3) is 0 Å². The number of amides is 1. The average Bonchev–Trinajstić information content (AvgIpc) is 2.97. The van der Waals surface area contributed by atoms with Gasteiger partial charge >= 0.3 is 0 Å². The largest absolute Gasteiger partial charge is 0.344 e. The van der Waals surface area contributed by atoms with Crippen LogP contribution in [0.15, 0.2) is 33.3 Å². The number of aromatic nitrogens is 2. The molecule has 0 fully saturated rings. The highest BCUT2D eigenvalue weighted by Crippen LogP contribution is 2.21. The van der Waals surface area contributed by atoms with Crippen LogP contribution >= 0.6 is 28.3 Å². The Kier molecular flexibility index (Phi) is 6.99. The first-order valence-electron chi connectivity index (χ1n) is 6.61. The molecule has 3 N–H and O–H groups in total. The molecule has 2 atom stereocenters. The van der Waals surface area contributed by atoms with Gasteiger partial charge in [-0.15, -0.1) is 12.4 Å². The van der Waals surface area contributed by atoms with E-state index in [1.165, 1.54) is 0 Å². The fourth-order valence-corrected chi connectivity index (χ4v) is 1.92. The second-order valence-electron chi connectivity index (χ2n) is 4.83. The van der Waals surface area contributed by atoms with Crippen molar-refractivity contribution >= 4 is 34.2 Å². The normalized spacial score (nSPS) is 13.1. The lowest BCUT2D eigenvalue weighted by molar-refractivity contribution is -0.125. The first-order valence-corrected chi connectivity index (χ1v) is 7.40. The van der Waals surface area contributed by atoms with E-state index >= 15 is 0 Å². The summed E-state index contributed by atoms with van der Waals surface area (Å²) in [5.74, 6) is 0.477. The van der Waals surface area contributed by atoms with Gasteiger partial charge in [0.2, 0.25) is 17.6 Å². The molecule has 0 aliphatic carbocycles. The lowest BCUT2D eigenvalue weighted by atomic mass is 10.1. The molecule has 0 spiro atoms. The van der Waals surface area contributed by atoms with E-state index in [-0.39, 0.29) is 30.3 Å². The standard InChI is InChI=1S/C14H17BrN4O2.ClH/c1-8(7-16)13(20)17-9(2)14-18-12(19-21-14)10-3-5-11(15)6-4-10;/h3-6,8-9H,7,16H2,1-2H3,(H,17,20);1H. The maximum absolute atomic E-state index is 11.8. The van der Waals surface area contributed by atoms with Crippen molar-refractivity contribution in [3.05, 3.63) is 34.6 Å². The van der Waals surface area contributed by atoms with Gasteiger partial charge in [0.05, 0.1) is 0 Å². The zero-order valence-corrected chi connectivity index (χ0v) is 14.6. The number of benzene rings is 1. The maximum atomic E-state index is 11.8. The minimum Gasteiger partial charge on any atom is -0.344 e. The molecule has 0 saturated heterocycles. The number of hydrogen-bond acceptors (Lipinski definition) is 5. The highest BCUT2D eigenvalue weighted by molar-refractivity contribution is 9.10. The van der Waals surface area contributed by atoms with Crippen LogP contribution in [-0.2, 0) is 4.79 Å². The smallest absolute Gasteiger partial charge is 0.249 e. The highest BCUT2D eigenvalue weighted by atomic mass is 79.9. The lowest BCUT2D eigenvalue weighted by Crippen LogP contribution is -2.35. The monoisotopic (exact) mass is 388 g/mol. The van der Waals surface area contributed by atoms with E-state index in [1.807, 2.05) is 24.3 Å². The maximum Gasteiger partial charge on any atom is 0.249 e. The Morgan fingerprint density at radius 3 is 2.59 bits per heavy atom. The molecule has 2 aromatic rings. The van der Waals surface area contributed by atoms with Crippen molar-refractivity contribution in [2.24, 2.45) is 11.7 Å². The van der Waals surface area contributed by atoms with Gasteiger partial charge in [-0.1, -0.05) is 28.0 Å². The summed E-state index contributed by atoms with van der Waals surface area (Å²) < 4.78 is 6.18. The second-order valence-corrected chi connectivity index (χ2v) is 5.75. The van der Waals surface area contributed by atoms with Gasteiger partial charge in [0.1, 0.15) is 6.04 Å². The third-order valence-electron chi connectivity index (χ3n) is 3.07. The number of carbonyl (C=O) groups excluding carboxylic acids is 1. The Hall–Kier alpha value is -1.44. The topological polar surface area (TPSA) is 94.0 Å². The van der Waals surface area contributed by atoms with Crippen LogP contribution in [0, 0.1) is 5.92 Å². The summed E-state index contributed by atoms with van der Waals surface area (Å²) in [5, 5.41) is 6.73. The minimum absolute atomic E-state index is 0. The van der Waals surface area contributed by atoms with Crippen molar-refractivity contribution in [2.45, 2.75) is 19.9 Å². The number of hydrogen-bond donors (Lipinski definition) is 2. The minimum atomic E-state index is -0.358. The van der Waals surface area contributed by atoms with Crippen molar-refractivity contribution in [1.82, 2.24) is 15.5 Å². The van der Waals surface area contributed by atoms with Crippen molar-refractivity contribution < 1.29 is 9.32 Å². The molecule has 1 aromatic heterocycles. The molecule has 0 aliphatic rings. The summed E-state index contributed by atoms with van der Waals surface area (Å²) >= 11 is 3.37. The third kappa shape index (κ3) is 4.53. The van der Waals surface area contributed by atoms with E-state index in [1.54, 1.807) is 13.8 Å². The molecule has 0 radical (unpaired) electrons. The van der Waals surface area contributed by atoms with Crippen LogP contribution in [0.4, 0.5) is 0 Å². The van der Waals surface area contributed by atoms with Gasteiger partial charge < -0.3 is 15.6 Å². The van der Waals surface area contributed by atoms with Crippen LogP contribution in [0.25, 0.3) is 11.4 Å². The van der Waals surface area contributed by atoms with E-state index in [0.717, 1.165) is 10.0 Å². The highest BCUT2D eigenvalue weighted by Gasteiger charge is 2.19. The Morgan fingerprint density at radius 2 is 2.00 bits per heavy atom. The summed E-state index contributed by atoms with van der Waals surface area (Å²) in [7, 11) is 0. The molecule has 2 rings (SSSR count). The van der Waals surface area contributed by atoms with Gasteiger partial charge in [-0.25, -0.2) is 0 Å². The number of nitrogens with zero attached hydrogens (tertiary/aromatic N) is 2. The van der Waals surface area contributed by atoms with Crippen molar-refractivity contribution in [2.75, 3.05) is 6.54 Å². The molecule has 0 bridgehead atoms. The fraction of sp³-hybridized carbons (Fsp3) is 0.357. The quantitative estimate of drug-likeness (QED) is 0.820. The van der Waals surface area contributed by atoms with E-state index in [0.29, 0.717) is 18.3 Å². The first-order chi connectivity index (χ1) is 10.0. The Balaban J connectivity index is 0.00000242. The van der Waals surface area contributed by atoms with Crippen LogP contribution in [0.5, 0.6) is 0 Å². The van der Waals surface area contributed by atoms with Crippen molar-refractivity contribution in [1.29, 1.82) is 0 Å². The van der Waals surface area contributed by atoms with Crippen LogP contribution in [0.3, 0.4) is 0 Å². The van der Waals surface area contributed by atoms with Crippen LogP contribution in [-0.4, -0.2) is 22.6 Å². The van der Waals surface area contributed by atoms with Crippen LogP contribution < -0.4 is 11.1 Å². The molecule has 1 heterocycles. The summed E-state index contributed by atoms with van der Waals surface area (Å²) in [4.78, 5) is 16.1. The molecular weight excluding hydrogens is 372 g/mol. The molecule has 22 heavy (non-hydrogen) atoms. The summed E-state index contributed by atoms with van der Waals surface area (Å²) in [6, 6.07) is 7.22. The predicted molar refractivity (Wildman–Crippen MR) is 89.5 cm³/mol. The molecule has 120 valence electrons. The van der Waals surface area contributed by atoms with E-state index in [2.05, 4.69) is 31.4 Å². The number of rotatable bonds is 5. The fourth-order valence-electron chi connectivity index (χ4n) is 1.65. The van der Waals surface area contributed by atoms with Gasteiger partial charge in [0.15, 0.2) is 0 Å². The number of nitrogens with two attached hydrogens (primary N) is 1. The summed E-state index contributed by atoms with van der Waals surface area (Å²) in [6.45, 7) is 3.86. The zero-order valence-electron chi connectivity index (χ0n) is 12.2. The first kappa shape index (κ1) is 18.6.